The quantitative estimate of drug-likeness (QED) is 0.850. The van der Waals surface area contributed by atoms with Crippen molar-refractivity contribution in [2.75, 3.05) is 21.3 Å². The van der Waals surface area contributed by atoms with Crippen LogP contribution in [0.3, 0.4) is 0 Å². The van der Waals surface area contributed by atoms with Crippen molar-refractivity contribution in [1.29, 1.82) is 0 Å². The Bertz CT molecular complexity index is 410. The lowest BCUT2D eigenvalue weighted by atomic mass is 10.0. The summed E-state index contributed by atoms with van der Waals surface area (Å²) in [6, 6.07) is 3.80. The summed E-state index contributed by atoms with van der Waals surface area (Å²) >= 11 is 0. The SMILES string of the molecule is COCc1ccc(C2(O)CC2)c(OC)c1OC. The molecule has 4 nitrogen and oxygen atoms in total. The smallest absolute Gasteiger partial charge is 0.167 e. The number of methoxy groups -OCH3 is 3. The molecule has 0 bridgehead atoms. The first-order valence-electron chi connectivity index (χ1n) is 5.62. The number of ether oxygens (including phenoxy) is 3. The van der Waals surface area contributed by atoms with Gasteiger partial charge in [0.2, 0.25) is 0 Å². The predicted molar refractivity (Wildman–Crippen MR) is 63.4 cm³/mol. The van der Waals surface area contributed by atoms with Crippen molar-refractivity contribution in [3.8, 4) is 11.5 Å². The van der Waals surface area contributed by atoms with E-state index in [1.54, 1.807) is 21.3 Å². The summed E-state index contributed by atoms with van der Waals surface area (Å²) in [5.74, 6) is 1.26. The maximum Gasteiger partial charge on any atom is 0.167 e. The Hall–Kier alpha value is -1.26. The van der Waals surface area contributed by atoms with Gasteiger partial charge in [0.05, 0.1) is 26.4 Å². The van der Waals surface area contributed by atoms with Crippen LogP contribution in [-0.4, -0.2) is 26.4 Å². The Labute approximate surface area is 101 Å². The zero-order valence-electron chi connectivity index (χ0n) is 10.4. The number of rotatable bonds is 5. The molecule has 94 valence electrons. The van der Waals surface area contributed by atoms with Gasteiger partial charge in [0.25, 0.3) is 0 Å². The largest absolute Gasteiger partial charge is 0.492 e. The molecule has 1 fully saturated rings. The number of aliphatic hydroxyl groups is 1. The van der Waals surface area contributed by atoms with Crippen LogP contribution in [0.15, 0.2) is 12.1 Å². The van der Waals surface area contributed by atoms with E-state index in [9.17, 15) is 5.11 Å². The second-order valence-electron chi connectivity index (χ2n) is 4.30. The van der Waals surface area contributed by atoms with E-state index in [1.807, 2.05) is 12.1 Å². The third-order valence-electron chi connectivity index (χ3n) is 3.13. The predicted octanol–water partition coefficient (Wildman–Crippen LogP) is 1.83. The van der Waals surface area contributed by atoms with Crippen molar-refractivity contribution >= 4 is 0 Å². The molecule has 4 heteroatoms. The third-order valence-corrected chi connectivity index (χ3v) is 3.13. The summed E-state index contributed by atoms with van der Waals surface area (Å²) < 4.78 is 15.9. The highest BCUT2D eigenvalue weighted by Gasteiger charge is 2.45. The summed E-state index contributed by atoms with van der Waals surface area (Å²) in [5.41, 5.74) is 0.987. The zero-order chi connectivity index (χ0) is 12.5. The van der Waals surface area contributed by atoms with E-state index >= 15 is 0 Å². The van der Waals surface area contributed by atoms with Gasteiger partial charge in [0, 0.05) is 18.2 Å². The Kier molecular flexibility index (Phi) is 3.26. The number of hydrogen-bond donors (Lipinski definition) is 1. The minimum Gasteiger partial charge on any atom is -0.492 e. The van der Waals surface area contributed by atoms with Crippen LogP contribution in [-0.2, 0) is 16.9 Å². The van der Waals surface area contributed by atoms with Crippen LogP contribution in [0.1, 0.15) is 24.0 Å². The first-order chi connectivity index (χ1) is 8.16. The first kappa shape index (κ1) is 12.2. The van der Waals surface area contributed by atoms with E-state index in [2.05, 4.69) is 0 Å². The number of hydrogen-bond acceptors (Lipinski definition) is 4. The van der Waals surface area contributed by atoms with E-state index < -0.39 is 5.60 Å². The molecule has 0 unspecified atom stereocenters. The second kappa shape index (κ2) is 4.55. The van der Waals surface area contributed by atoms with Gasteiger partial charge in [-0.25, -0.2) is 0 Å². The molecule has 1 aromatic carbocycles. The van der Waals surface area contributed by atoms with Crippen LogP contribution in [0.25, 0.3) is 0 Å². The molecular weight excluding hydrogens is 220 g/mol. The molecule has 0 spiro atoms. The minimum atomic E-state index is -0.732. The van der Waals surface area contributed by atoms with Gasteiger partial charge in [-0.05, 0) is 12.8 Å². The van der Waals surface area contributed by atoms with E-state index in [0.29, 0.717) is 18.1 Å². The second-order valence-corrected chi connectivity index (χ2v) is 4.30. The van der Waals surface area contributed by atoms with Crippen molar-refractivity contribution in [2.45, 2.75) is 25.0 Å². The fourth-order valence-electron chi connectivity index (χ4n) is 2.05. The van der Waals surface area contributed by atoms with Crippen LogP contribution in [0, 0.1) is 0 Å². The highest BCUT2D eigenvalue weighted by atomic mass is 16.5. The van der Waals surface area contributed by atoms with Crippen molar-refractivity contribution < 1.29 is 19.3 Å². The highest BCUT2D eigenvalue weighted by Crippen LogP contribution is 2.51. The zero-order valence-corrected chi connectivity index (χ0v) is 10.4. The van der Waals surface area contributed by atoms with Crippen LogP contribution in [0.4, 0.5) is 0 Å². The maximum absolute atomic E-state index is 10.2. The summed E-state index contributed by atoms with van der Waals surface area (Å²) in [4.78, 5) is 0. The van der Waals surface area contributed by atoms with Crippen LogP contribution >= 0.6 is 0 Å². The molecule has 17 heavy (non-hydrogen) atoms. The Morgan fingerprint density at radius 2 is 1.76 bits per heavy atom. The molecule has 0 aromatic heterocycles. The average Bonchev–Trinajstić information content (AvgIpc) is 3.08. The van der Waals surface area contributed by atoms with E-state index in [1.165, 1.54) is 0 Å². The van der Waals surface area contributed by atoms with E-state index in [-0.39, 0.29) is 0 Å². The molecule has 2 rings (SSSR count). The average molecular weight is 238 g/mol. The molecule has 1 N–H and O–H groups in total. The lowest BCUT2D eigenvalue weighted by molar-refractivity contribution is 0.145. The van der Waals surface area contributed by atoms with Crippen molar-refractivity contribution in [3.63, 3.8) is 0 Å². The van der Waals surface area contributed by atoms with Crippen LogP contribution in [0.5, 0.6) is 11.5 Å². The minimum absolute atomic E-state index is 0.457. The molecule has 0 radical (unpaired) electrons. The van der Waals surface area contributed by atoms with Gasteiger partial charge in [-0.15, -0.1) is 0 Å². The molecule has 1 aromatic rings. The summed E-state index contributed by atoms with van der Waals surface area (Å²) in [7, 11) is 4.82. The lowest BCUT2D eigenvalue weighted by Gasteiger charge is -2.18. The monoisotopic (exact) mass is 238 g/mol. The molecule has 0 saturated heterocycles. The molecule has 1 saturated carbocycles. The van der Waals surface area contributed by atoms with Crippen molar-refractivity contribution in [2.24, 2.45) is 0 Å². The normalized spacial score (nSPS) is 16.7. The fraction of sp³-hybridized carbons (Fsp3) is 0.538. The molecule has 0 heterocycles. The third kappa shape index (κ3) is 2.10. The summed E-state index contributed by atoms with van der Waals surface area (Å²) in [6.45, 7) is 0.457. The molecular formula is C13H18O4. The standard InChI is InChI=1S/C13H18O4/c1-15-8-9-4-5-10(13(14)6-7-13)12(17-3)11(9)16-2/h4-5,14H,6-8H2,1-3H3. The van der Waals surface area contributed by atoms with Gasteiger partial charge >= 0.3 is 0 Å². The molecule has 0 aliphatic heterocycles. The topological polar surface area (TPSA) is 47.9 Å². The van der Waals surface area contributed by atoms with E-state index in [4.69, 9.17) is 14.2 Å². The van der Waals surface area contributed by atoms with Crippen molar-refractivity contribution in [3.05, 3.63) is 23.3 Å². The van der Waals surface area contributed by atoms with Crippen LogP contribution in [0.2, 0.25) is 0 Å². The van der Waals surface area contributed by atoms with Gasteiger partial charge in [0.15, 0.2) is 11.5 Å². The molecule has 0 amide bonds. The Morgan fingerprint density at radius 1 is 1.12 bits per heavy atom. The van der Waals surface area contributed by atoms with Crippen molar-refractivity contribution in [1.82, 2.24) is 0 Å². The summed E-state index contributed by atoms with van der Waals surface area (Å²) in [6.07, 6.45) is 1.55. The van der Waals surface area contributed by atoms with Gasteiger partial charge in [0.1, 0.15) is 0 Å². The van der Waals surface area contributed by atoms with Gasteiger partial charge in [-0.1, -0.05) is 12.1 Å². The first-order valence-corrected chi connectivity index (χ1v) is 5.62. The van der Waals surface area contributed by atoms with E-state index in [0.717, 1.165) is 24.0 Å². The number of benzene rings is 1. The molecule has 1 aliphatic carbocycles. The molecule has 1 aliphatic rings. The maximum atomic E-state index is 10.2. The fourth-order valence-corrected chi connectivity index (χ4v) is 2.05. The Morgan fingerprint density at radius 3 is 2.24 bits per heavy atom. The van der Waals surface area contributed by atoms with Gasteiger partial charge in [-0.3, -0.25) is 0 Å². The highest BCUT2D eigenvalue weighted by molar-refractivity contribution is 5.55. The van der Waals surface area contributed by atoms with Gasteiger partial charge in [-0.2, -0.15) is 0 Å². The molecule has 0 atom stereocenters. The Balaban J connectivity index is 2.49. The lowest BCUT2D eigenvalue weighted by Crippen LogP contribution is -2.09. The van der Waals surface area contributed by atoms with Crippen LogP contribution < -0.4 is 9.47 Å². The van der Waals surface area contributed by atoms with Gasteiger partial charge < -0.3 is 19.3 Å². The summed E-state index contributed by atoms with van der Waals surface area (Å²) in [5, 5.41) is 10.2.